The third-order valence-electron chi connectivity index (χ3n) is 2.84. The summed E-state index contributed by atoms with van der Waals surface area (Å²) in [6.07, 6.45) is 0. The summed E-state index contributed by atoms with van der Waals surface area (Å²) in [5.74, 6) is 0.759. The van der Waals surface area contributed by atoms with Gasteiger partial charge in [0.05, 0.1) is 23.0 Å². The molecule has 0 aliphatic rings. The predicted molar refractivity (Wildman–Crippen MR) is 107 cm³/mol. The molecule has 0 bridgehead atoms. The van der Waals surface area contributed by atoms with Crippen LogP contribution in [0.5, 0.6) is 0 Å². The second-order valence-corrected chi connectivity index (χ2v) is 8.04. The molecule has 1 rings (SSSR count). The van der Waals surface area contributed by atoms with E-state index in [1.807, 2.05) is 20.8 Å². The molecule has 7 nitrogen and oxygen atoms in total. The van der Waals surface area contributed by atoms with E-state index in [0.717, 1.165) is 22.1 Å². The van der Waals surface area contributed by atoms with Crippen LogP contribution in [0.25, 0.3) is 0 Å². The highest BCUT2D eigenvalue weighted by Crippen LogP contribution is 2.17. The number of guanidine groups is 1. The summed E-state index contributed by atoms with van der Waals surface area (Å²) in [5.41, 5.74) is 1.01. The van der Waals surface area contributed by atoms with E-state index in [9.17, 15) is 8.42 Å². The number of halogens is 1. The summed E-state index contributed by atoms with van der Waals surface area (Å²) in [4.78, 5) is 10.0. The first-order valence-electron chi connectivity index (χ1n) is 7.30. The van der Waals surface area contributed by atoms with Crippen LogP contribution in [0.1, 0.15) is 29.4 Å². The number of hydrogen-bond donors (Lipinski definition) is 3. The Labute approximate surface area is 159 Å². The lowest BCUT2D eigenvalue weighted by atomic mass is 10.4. The molecule has 1 aromatic rings. The van der Waals surface area contributed by atoms with E-state index in [1.165, 1.54) is 0 Å². The van der Waals surface area contributed by atoms with Gasteiger partial charge in [-0.05, 0) is 27.7 Å². The lowest BCUT2D eigenvalue weighted by molar-refractivity contribution is 0.582. The highest BCUT2D eigenvalue weighted by atomic mass is 127. The van der Waals surface area contributed by atoms with Gasteiger partial charge in [-0.15, -0.1) is 35.3 Å². The van der Waals surface area contributed by atoms with Crippen molar-refractivity contribution < 1.29 is 8.42 Å². The lowest BCUT2D eigenvalue weighted by Crippen LogP contribution is -2.41. The number of rotatable bonds is 8. The summed E-state index contributed by atoms with van der Waals surface area (Å²) >= 11 is 1.64. The highest BCUT2D eigenvalue weighted by molar-refractivity contribution is 14.0. The van der Waals surface area contributed by atoms with E-state index in [-0.39, 0.29) is 29.7 Å². The molecule has 23 heavy (non-hydrogen) atoms. The van der Waals surface area contributed by atoms with Crippen molar-refractivity contribution in [3.8, 4) is 0 Å². The monoisotopic (exact) mass is 475 g/mol. The van der Waals surface area contributed by atoms with Crippen molar-refractivity contribution in [1.82, 2.24) is 20.3 Å². The number of aromatic nitrogens is 1. The molecule has 134 valence electrons. The SMILES string of the molecule is CCNC(=NCc1sc(C)nc1C)NCCNS(=O)(=O)CC.I. The van der Waals surface area contributed by atoms with Gasteiger partial charge in [-0.1, -0.05) is 0 Å². The van der Waals surface area contributed by atoms with E-state index in [1.54, 1.807) is 18.3 Å². The van der Waals surface area contributed by atoms with Crippen LogP contribution in [0.4, 0.5) is 0 Å². The number of thiazole rings is 1. The Balaban J connectivity index is 0.00000484. The minimum atomic E-state index is -3.14. The average molecular weight is 475 g/mol. The fourth-order valence-corrected chi connectivity index (χ4v) is 3.18. The normalized spacial score (nSPS) is 11.9. The van der Waals surface area contributed by atoms with Crippen LogP contribution in [-0.4, -0.2) is 44.7 Å². The Morgan fingerprint density at radius 3 is 2.43 bits per heavy atom. The third-order valence-corrected chi connectivity index (χ3v) is 5.31. The molecule has 0 fully saturated rings. The molecule has 0 radical (unpaired) electrons. The zero-order valence-electron chi connectivity index (χ0n) is 14.0. The van der Waals surface area contributed by atoms with Crippen molar-refractivity contribution >= 4 is 51.3 Å². The molecule has 3 N–H and O–H groups in total. The molecule has 0 saturated heterocycles. The summed E-state index contributed by atoms with van der Waals surface area (Å²) < 4.78 is 25.2. The standard InChI is InChI=1S/C13H25N5O2S2.HI/c1-5-14-13(15-7-8-17-22(19,20)6-2)16-9-12-10(3)18-11(4)21-12;/h17H,5-9H2,1-4H3,(H2,14,15,16);1H. The zero-order chi connectivity index (χ0) is 16.6. The molecular weight excluding hydrogens is 449 g/mol. The number of aryl methyl sites for hydroxylation is 2. The van der Waals surface area contributed by atoms with Crippen LogP contribution in [0.15, 0.2) is 4.99 Å². The van der Waals surface area contributed by atoms with E-state index in [0.29, 0.717) is 25.6 Å². The molecule has 0 aromatic carbocycles. The molecule has 0 unspecified atom stereocenters. The van der Waals surface area contributed by atoms with Gasteiger partial charge in [-0.25, -0.2) is 23.1 Å². The van der Waals surface area contributed by atoms with E-state index < -0.39 is 10.0 Å². The van der Waals surface area contributed by atoms with Crippen LogP contribution >= 0.6 is 35.3 Å². The lowest BCUT2D eigenvalue weighted by Gasteiger charge is -2.11. The summed E-state index contributed by atoms with van der Waals surface area (Å²) in [7, 11) is -3.14. The first-order valence-corrected chi connectivity index (χ1v) is 9.77. The summed E-state index contributed by atoms with van der Waals surface area (Å²) in [6, 6.07) is 0. The fourth-order valence-electron chi connectivity index (χ4n) is 1.70. The van der Waals surface area contributed by atoms with Gasteiger partial charge in [0.25, 0.3) is 0 Å². The van der Waals surface area contributed by atoms with Gasteiger partial charge in [0.1, 0.15) is 0 Å². The van der Waals surface area contributed by atoms with Crippen molar-refractivity contribution in [1.29, 1.82) is 0 Å². The third kappa shape index (κ3) is 8.82. The smallest absolute Gasteiger partial charge is 0.211 e. The van der Waals surface area contributed by atoms with Gasteiger partial charge in [0.15, 0.2) is 5.96 Å². The van der Waals surface area contributed by atoms with Crippen LogP contribution in [0.2, 0.25) is 0 Å². The Hall–Kier alpha value is -0.460. The topological polar surface area (TPSA) is 95.5 Å². The number of nitrogens with one attached hydrogen (secondary N) is 3. The van der Waals surface area contributed by atoms with E-state index >= 15 is 0 Å². The van der Waals surface area contributed by atoms with Crippen molar-refractivity contribution in [2.45, 2.75) is 34.2 Å². The summed E-state index contributed by atoms with van der Waals surface area (Å²) in [6.45, 7) is 9.67. The number of hydrogen-bond acceptors (Lipinski definition) is 5. The zero-order valence-corrected chi connectivity index (χ0v) is 17.9. The van der Waals surface area contributed by atoms with Gasteiger partial charge in [-0.3, -0.25) is 0 Å². The second kappa shape index (κ2) is 11.2. The summed E-state index contributed by atoms with van der Waals surface area (Å²) in [5, 5.41) is 7.28. The van der Waals surface area contributed by atoms with Gasteiger partial charge in [0, 0.05) is 24.5 Å². The number of nitrogens with zero attached hydrogens (tertiary/aromatic N) is 2. The maximum absolute atomic E-state index is 11.3. The molecule has 0 amide bonds. The van der Waals surface area contributed by atoms with Crippen molar-refractivity contribution in [2.24, 2.45) is 4.99 Å². The average Bonchev–Trinajstić information content (AvgIpc) is 2.79. The molecule has 10 heteroatoms. The van der Waals surface area contributed by atoms with Crippen LogP contribution in [0.3, 0.4) is 0 Å². The Bertz CT molecular complexity index is 602. The van der Waals surface area contributed by atoms with Gasteiger partial charge in [-0.2, -0.15) is 0 Å². The fraction of sp³-hybridized carbons (Fsp3) is 0.692. The molecule has 0 aliphatic carbocycles. The van der Waals surface area contributed by atoms with Crippen LogP contribution < -0.4 is 15.4 Å². The Morgan fingerprint density at radius 2 is 1.91 bits per heavy atom. The Kier molecular flexibility index (Phi) is 10.9. The molecule has 0 spiro atoms. The van der Waals surface area contributed by atoms with E-state index in [4.69, 9.17) is 0 Å². The van der Waals surface area contributed by atoms with Gasteiger partial charge >= 0.3 is 0 Å². The molecule has 1 aromatic heterocycles. The maximum atomic E-state index is 11.3. The predicted octanol–water partition coefficient (Wildman–Crippen LogP) is 1.37. The Morgan fingerprint density at radius 1 is 1.22 bits per heavy atom. The molecule has 0 saturated carbocycles. The van der Waals surface area contributed by atoms with Crippen molar-refractivity contribution in [2.75, 3.05) is 25.4 Å². The number of aliphatic imine (C=N–C) groups is 1. The molecular formula is C13H26IN5O2S2. The number of sulfonamides is 1. The van der Waals surface area contributed by atoms with Gasteiger partial charge in [0.2, 0.25) is 10.0 Å². The van der Waals surface area contributed by atoms with Crippen LogP contribution in [-0.2, 0) is 16.6 Å². The minimum absolute atomic E-state index is 0. The van der Waals surface area contributed by atoms with Crippen molar-refractivity contribution in [3.05, 3.63) is 15.6 Å². The quantitative estimate of drug-likeness (QED) is 0.229. The van der Waals surface area contributed by atoms with Crippen LogP contribution in [0, 0.1) is 13.8 Å². The molecule has 1 heterocycles. The van der Waals surface area contributed by atoms with Gasteiger partial charge < -0.3 is 10.6 Å². The largest absolute Gasteiger partial charge is 0.357 e. The second-order valence-electron chi connectivity index (χ2n) is 4.66. The maximum Gasteiger partial charge on any atom is 0.211 e. The van der Waals surface area contributed by atoms with Crippen molar-refractivity contribution in [3.63, 3.8) is 0 Å². The highest BCUT2D eigenvalue weighted by Gasteiger charge is 2.06. The first-order chi connectivity index (χ1) is 10.4. The minimum Gasteiger partial charge on any atom is -0.357 e. The molecule has 0 aliphatic heterocycles. The first kappa shape index (κ1) is 22.5. The molecule has 0 atom stereocenters. The van der Waals surface area contributed by atoms with E-state index in [2.05, 4.69) is 25.3 Å².